The second-order valence-corrected chi connectivity index (χ2v) is 9.12. The van der Waals surface area contributed by atoms with E-state index < -0.39 is 16.1 Å². The summed E-state index contributed by atoms with van der Waals surface area (Å²) in [5.74, 6) is -0.393. The molecule has 8 nitrogen and oxygen atoms in total. The summed E-state index contributed by atoms with van der Waals surface area (Å²) >= 11 is 0. The van der Waals surface area contributed by atoms with Gasteiger partial charge in [0, 0.05) is 13.1 Å². The van der Waals surface area contributed by atoms with E-state index in [1.165, 1.54) is 7.11 Å². The summed E-state index contributed by atoms with van der Waals surface area (Å²) in [4.78, 5) is 26.6. The molecule has 1 aromatic carbocycles. The molecule has 1 aliphatic rings. The molecule has 0 saturated carbocycles. The average molecular weight is 427 g/mol. The molecule has 29 heavy (non-hydrogen) atoms. The minimum atomic E-state index is -3.75. The number of ether oxygens (including phenoxy) is 2. The summed E-state index contributed by atoms with van der Waals surface area (Å²) in [6.45, 7) is 6.28. The van der Waals surface area contributed by atoms with Crippen LogP contribution in [-0.4, -0.2) is 64.3 Å². The Morgan fingerprint density at radius 2 is 1.90 bits per heavy atom. The largest absolute Gasteiger partial charge is 0.495 e. The molecule has 1 heterocycles. The van der Waals surface area contributed by atoms with Crippen LogP contribution in [0.4, 0.5) is 5.69 Å². The Morgan fingerprint density at radius 1 is 1.28 bits per heavy atom. The second kappa shape index (κ2) is 9.47. The number of benzene rings is 1. The maximum atomic E-state index is 13.1. The summed E-state index contributed by atoms with van der Waals surface area (Å²) < 4.78 is 36.7. The van der Waals surface area contributed by atoms with E-state index in [4.69, 9.17) is 9.47 Å². The van der Waals surface area contributed by atoms with Crippen LogP contribution in [0.1, 0.15) is 32.3 Å². The number of hydrogen-bond donors (Lipinski definition) is 0. The van der Waals surface area contributed by atoms with Crippen LogP contribution in [0.25, 0.3) is 0 Å². The van der Waals surface area contributed by atoms with Crippen LogP contribution in [0.5, 0.6) is 5.75 Å². The number of nitrogens with zero attached hydrogens (tertiary/aromatic N) is 2. The number of hydrogen-bond acceptors (Lipinski definition) is 6. The smallest absolute Gasteiger partial charge is 0.309 e. The van der Waals surface area contributed by atoms with Gasteiger partial charge in [-0.2, -0.15) is 0 Å². The lowest BCUT2D eigenvalue weighted by Gasteiger charge is -2.36. The molecular weight excluding hydrogens is 396 g/mol. The molecule has 0 aliphatic carbocycles. The van der Waals surface area contributed by atoms with Crippen molar-refractivity contribution in [3.63, 3.8) is 0 Å². The number of amides is 1. The summed E-state index contributed by atoms with van der Waals surface area (Å²) in [5.41, 5.74) is 1.18. The van der Waals surface area contributed by atoms with Crippen LogP contribution in [0.3, 0.4) is 0 Å². The van der Waals surface area contributed by atoms with Gasteiger partial charge in [0.05, 0.1) is 31.6 Å². The van der Waals surface area contributed by atoms with Crippen LogP contribution in [0.15, 0.2) is 18.2 Å². The van der Waals surface area contributed by atoms with Crippen LogP contribution in [0.2, 0.25) is 0 Å². The SMILES string of the molecule is CCOC(=O)C1CCN(C(=O)C(C)N(c2cc(C)ccc2OC)S(C)(=O)=O)CC1. The highest BCUT2D eigenvalue weighted by Gasteiger charge is 2.36. The number of esters is 1. The van der Waals surface area contributed by atoms with Crippen molar-refractivity contribution in [3.05, 3.63) is 23.8 Å². The third kappa shape index (κ3) is 5.41. The first-order chi connectivity index (χ1) is 13.6. The zero-order valence-electron chi connectivity index (χ0n) is 17.7. The first-order valence-corrected chi connectivity index (χ1v) is 11.5. The van der Waals surface area contributed by atoms with Crippen LogP contribution in [0, 0.1) is 12.8 Å². The molecule has 162 valence electrons. The van der Waals surface area contributed by atoms with Gasteiger partial charge >= 0.3 is 5.97 Å². The highest BCUT2D eigenvalue weighted by Crippen LogP contribution is 2.33. The van der Waals surface area contributed by atoms with E-state index in [-0.39, 0.29) is 17.8 Å². The number of rotatable bonds is 7. The first kappa shape index (κ1) is 23.0. The molecule has 2 rings (SSSR count). The van der Waals surface area contributed by atoms with Crippen molar-refractivity contribution in [1.82, 2.24) is 4.90 Å². The first-order valence-electron chi connectivity index (χ1n) is 9.69. The predicted octanol–water partition coefficient (Wildman–Crippen LogP) is 1.96. The maximum Gasteiger partial charge on any atom is 0.309 e. The molecule has 9 heteroatoms. The summed E-state index contributed by atoms with van der Waals surface area (Å²) in [6.07, 6.45) is 2.08. The predicted molar refractivity (Wildman–Crippen MR) is 110 cm³/mol. The van der Waals surface area contributed by atoms with Crippen molar-refractivity contribution in [2.45, 2.75) is 39.7 Å². The van der Waals surface area contributed by atoms with Gasteiger partial charge in [-0.3, -0.25) is 13.9 Å². The van der Waals surface area contributed by atoms with E-state index in [1.807, 2.05) is 13.0 Å². The van der Waals surface area contributed by atoms with E-state index >= 15 is 0 Å². The number of methoxy groups -OCH3 is 1. The fourth-order valence-corrected chi connectivity index (χ4v) is 4.77. The molecule has 0 radical (unpaired) electrons. The number of sulfonamides is 1. The van der Waals surface area contributed by atoms with Gasteiger partial charge in [-0.05, 0) is 51.3 Å². The van der Waals surface area contributed by atoms with Gasteiger partial charge in [0.15, 0.2) is 0 Å². The Labute approximate surface area is 172 Å². The van der Waals surface area contributed by atoms with E-state index in [1.54, 1.807) is 30.9 Å². The number of likely N-dealkylation sites (tertiary alicyclic amines) is 1. The molecule has 1 fully saturated rings. The monoisotopic (exact) mass is 426 g/mol. The Hall–Kier alpha value is -2.29. The number of aryl methyl sites for hydroxylation is 1. The molecule has 1 unspecified atom stereocenters. The molecule has 0 N–H and O–H groups in total. The summed E-state index contributed by atoms with van der Waals surface area (Å²) in [6, 6.07) is 4.25. The van der Waals surface area contributed by atoms with Gasteiger partial charge in [0.1, 0.15) is 11.8 Å². The van der Waals surface area contributed by atoms with Crippen LogP contribution < -0.4 is 9.04 Å². The molecule has 1 saturated heterocycles. The van der Waals surface area contributed by atoms with Gasteiger partial charge in [0.2, 0.25) is 15.9 Å². The quantitative estimate of drug-likeness (QED) is 0.619. The lowest BCUT2D eigenvalue weighted by atomic mass is 9.96. The van der Waals surface area contributed by atoms with Crippen molar-refractivity contribution in [2.75, 3.05) is 37.4 Å². The van der Waals surface area contributed by atoms with Gasteiger partial charge in [0.25, 0.3) is 0 Å². The molecule has 1 amide bonds. The molecular formula is C20H30N2O6S. The van der Waals surface area contributed by atoms with Gasteiger partial charge in [-0.1, -0.05) is 6.07 Å². The Bertz CT molecular complexity index is 847. The van der Waals surface area contributed by atoms with E-state index in [9.17, 15) is 18.0 Å². The van der Waals surface area contributed by atoms with E-state index in [2.05, 4.69) is 0 Å². The second-order valence-electron chi connectivity index (χ2n) is 7.26. The number of carbonyl (C=O) groups excluding carboxylic acids is 2. The summed E-state index contributed by atoms with van der Waals surface area (Å²) in [5, 5.41) is 0. The third-order valence-corrected chi connectivity index (χ3v) is 6.29. The van der Waals surface area contributed by atoms with Crippen molar-refractivity contribution in [2.24, 2.45) is 5.92 Å². The van der Waals surface area contributed by atoms with Crippen LogP contribution in [-0.2, 0) is 24.3 Å². The lowest BCUT2D eigenvalue weighted by molar-refractivity contribution is -0.151. The fraction of sp³-hybridized carbons (Fsp3) is 0.600. The molecule has 0 bridgehead atoms. The summed E-state index contributed by atoms with van der Waals surface area (Å²) in [7, 11) is -2.29. The Kier molecular flexibility index (Phi) is 7.51. The topological polar surface area (TPSA) is 93.2 Å². The average Bonchev–Trinajstić information content (AvgIpc) is 2.67. The Morgan fingerprint density at radius 3 is 2.41 bits per heavy atom. The maximum absolute atomic E-state index is 13.1. The molecule has 1 atom stereocenters. The van der Waals surface area contributed by atoms with Gasteiger partial charge in [-0.15, -0.1) is 0 Å². The van der Waals surface area contributed by atoms with Crippen molar-refractivity contribution in [3.8, 4) is 5.75 Å². The van der Waals surface area contributed by atoms with Gasteiger partial charge < -0.3 is 14.4 Å². The van der Waals surface area contributed by atoms with Crippen molar-refractivity contribution >= 4 is 27.6 Å². The van der Waals surface area contributed by atoms with Crippen molar-refractivity contribution in [1.29, 1.82) is 0 Å². The van der Waals surface area contributed by atoms with Crippen molar-refractivity contribution < 1.29 is 27.5 Å². The number of carbonyl (C=O) groups is 2. The fourth-order valence-electron chi connectivity index (χ4n) is 3.61. The van der Waals surface area contributed by atoms with Gasteiger partial charge in [-0.25, -0.2) is 8.42 Å². The Balaban J connectivity index is 2.23. The zero-order chi connectivity index (χ0) is 21.8. The molecule has 0 aromatic heterocycles. The number of anilines is 1. The van der Waals surface area contributed by atoms with Crippen LogP contribution >= 0.6 is 0 Å². The minimum Gasteiger partial charge on any atom is -0.495 e. The normalized spacial score (nSPS) is 16.2. The third-order valence-electron chi connectivity index (χ3n) is 5.06. The highest BCUT2D eigenvalue weighted by molar-refractivity contribution is 7.92. The molecule has 1 aromatic rings. The zero-order valence-corrected chi connectivity index (χ0v) is 18.5. The molecule has 0 spiro atoms. The minimum absolute atomic E-state index is 0.225. The molecule has 1 aliphatic heterocycles. The highest BCUT2D eigenvalue weighted by atomic mass is 32.2. The van der Waals surface area contributed by atoms with E-state index in [0.29, 0.717) is 44.0 Å². The number of piperidine rings is 1. The standard InChI is InChI=1S/C20H30N2O6S/c1-6-28-20(24)16-9-11-21(12-10-16)19(23)15(3)22(29(5,25)26)17-13-14(2)7-8-18(17)27-4/h7-8,13,15-16H,6,9-12H2,1-5H3. The van der Waals surface area contributed by atoms with E-state index in [0.717, 1.165) is 16.1 Å². The lowest BCUT2D eigenvalue weighted by Crippen LogP contribution is -2.51.